The van der Waals surface area contributed by atoms with Crippen LogP contribution in [0.4, 0.5) is 0 Å². The third-order valence-electron chi connectivity index (χ3n) is 3.43. The van der Waals surface area contributed by atoms with E-state index in [9.17, 15) is 0 Å². The van der Waals surface area contributed by atoms with Crippen LogP contribution in [0.5, 0.6) is 17.2 Å². The molecule has 2 aromatic carbocycles. The fourth-order valence-corrected chi connectivity index (χ4v) is 2.23. The van der Waals surface area contributed by atoms with Crippen molar-refractivity contribution in [3.63, 3.8) is 0 Å². The minimum Gasteiger partial charge on any atom is -0.497 e. The summed E-state index contributed by atoms with van der Waals surface area (Å²) < 4.78 is 16.1. The number of hydrogen-bond acceptors (Lipinski definition) is 4. The van der Waals surface area contributed by atoms with Crippen LogP contribution >= 0.6 is 0 Å². The predicted molar refractivity (Wildman–Crippen MR) is 84.1 cm³/mol. The molecule has 0 amide bonds. The first-order valence-corrected chi connectivity index (χ1v) is 6.76. The van der Waals surface area contributed by atoms with Crippen LogP contribution in [0.25, 0.3) is 11.1 Å². The maximum absolute atomic E-state index is 6.01. The largest absolute Gasteiger partial charge is 0.497 e. The van der Waals surface area contributed by atoms with Crippen LogP contribution in [0.2, 0.25) is 0 Å². The van der Waals surface area contributed by atoms with Crippen LogP contribution in [-0.2, 0) is 0 Å². The van der Waals surface area contributed by atoms with E-state index in [0.717, 1.165) is 22.4 Å². The van der Waals surface area contributed by atoms with Crippen molar-refractivity contribution in [3.05, 3.63) is 42.0 Å². The van der Waals surface area contributed by atoms with Gasteiger partial charge in [-0.3, -0.25) is 0 Å². The zero-order valence-electron chi connectivity index (χ0n) is 12.8. The van der Waals surface area contributed by atoms with E-state index in [-0.39, 0.29) is 6.04 Å². The minimum atomic E-state index is -0.0817. The molecular formula is C17H21NO3. The first-order valence-electron chi connectivity index (χ1n) is 6.76. The normalized spacial score (nSPS) is 11.9. The van der Waals surface area contributed by atoms with Crippen LogP contribution in [-0.4, -0.2) is 21.3 Å². The SMILES string of the molecule is COc1ccc(-c2cc(C(C)N)cc(OC)c2OC)cc1. The van der Waals surface area contributed by atoms with Crippen LogP contribution in [0.1, 0.15) is 18.5 Å². The third-order valence-corrected chi connectivity index (χ3v) is 3.43. The fourth-order valence-electron chi connectivity index (χ4n) is 2.23. The number of hydrogen-bond donors (Lipinski definition) is 1. The van der Waals surface area contributed by atoms with Crippen LogP contribution in [0.3, 0.4) is 0 Å². The minimum absolute atomic E-state index is 0.0817. The summed E-state index contributed by atoms with van der Waals surface area (Å²) in [4.78, 5) is 0. The highest BCUT2D eigenvalue weighted by Gasteiger charge is 2.15. The predicted octanol–water partition coefficient (Wildman–Crippen LogP) is 3.40. The summed E-state index contributed by atoms with van der Waals surface area (Å²) in [6.07, 6.45) is 0. The molecule has 0 aliphatic rings. The van der Waals surface area contributed by atoms with E-state index < -0.39 is 0 Å². The zero-order chi connectivity index (χ0) is 15.4. The van der Waals surface area contributed by atoms with E-state index >= 15 is 0 Å². The van der Waals surface area contributed by atoms with E-state index in [4.69, 9.17) is 19.9 Å². The molecule has 1 atom stereocenters. The van der Waals surface area contributed by atoms with Gasteiger partial charge in [0.25, 0.3) is 0 Å². The first kappa shape index (κ1) is 15.2. The molecule has 0 aliphatic heterocycles. The summed E-state index contributed by atoms with van der Waals surface area (Å²) in [6, 6.07) is 11.7. The summed E-state index contributed by atoms with van der Waals surface area (Å²) >= 11 is 0. The smallest absolute Gasteiger partial charge is 0.168 e. The van der Waals surface area contributed by atoms with Gasteiger partial charge < -0.3 is 19.9 Å². The summed E-state index contributed by atoms with van der Waals surface area (Å²) in [7, 11) is 4.91. The van der Waals surface area contributed by atoms with Crippen LogP contribution in [0, 0.1) is 0 Å². The highest BCUT2D eigenvalue weighted by atomic mass is 16.5. The Hall–Kier alpha value is -2.20. The van der Waals surface area contributed by atoms with E-state index in [2.05, 4.69) is 0 Å². The molecule has 2 N–H and O–H groups in total. The molecule has 2 aromatic rings. The van der Waals surface area contributed by atoms with Gasteiger partial charge in [-0.25, -0.2) is 0 Å². The summed E-state index contributed by atoms with van der Waals surface area (Å²) in [5.41, 5.74) is 8.98. The van der Waals surface area contributed by atoms with Crippen molar-refractivity contribution in [1.82, 2.24) is 0 Å². The molecule has 0 aliphatic carbocycles. The van der Waals surface area contributed by atoms with Crippen molar-refractivity contribution >= 4 is 0 Å². The average molecular weight is 287 g/mol. The van der Waals surface area contributed by atoms with Gasteiger partial charge in [-0.05, 0) is 42.3 Å². The average Bonchev–Trinajstić information content (AvgIpc) is 2.53. The maximum atomic E-state index is 6.01. The van der Waals surface area contributed by atoms with Gasteiger partial charge in [0, 0.05) is 11.6 Å². The second-order valence-corrected chi connectivity index (χ2v) is 4.82. The molecule has 0 aromatic heterocycles. The Balaban J connectivity index is 2.60. The molecule has 4 heteroatoms. The summed E-state index contributed by atoms with van der Waals surface area (Å²) in [6.45, 7) is 1.94. The lowest BCUT2D eigenvalue weighted by atomic mass is 9.98. The number of ether oxygens (including phenoxy) is 3. The molecule has 0 spiro atoms. The molecule has 0 radical (unpaired) electrons. The van der Waals surface area contributed by atoms with E-state index in [1.807, 2.05) is 43.3 Å². The fraction of sp³-hybridized carbons (Fsp3) is 0.294. The van der Waals surface area contributed by atoms with E-state index in [1.54, 1.807) is 21.3 Å². The Morgan fingerprint density at radius 3 is 2.05 bits per heavy atom. The van der Waals surface area contributed by atoms with Crippen LogP contribution in [0.15, 0.2) is 36.4 Å². The molecule has 0 fully saturated rings. The van der Waals surface area contributed by atoms with Gasteiger partial charge in [0.15, 0.2) is 11.5 Å². The van der Waals surface area contributed by atoms with Gasteiger partial charge in [-0.1, -0.05) is 12.1 Å². The number of methoxy groups -OCH3 is 3. The van der Waals surface area contributed by atoms with Gasteiger partial charge >= 0.3 is 0 Å². The molecule has 0 saturated heterocycles. The molecule has 112 valence electrons. The van der Waals surface area contributed by atoms with Crippen LogP contribution < -0.4 is 19.9 Å². The second kappa shape index (κ2) is 6.50. The molecular weight excluding hydrogens is 266 g/mol. The zero-order valence-corrected chi connectivity index (χ0v) is 12.8. The highest BCUT2D eigenvalue weighted by Crippen LogP contribution is 2.40. The second-order valence-electron chi connectivity index (χ2n) is 4.82. The van der Waals surface area contributed by atoms with E-state index in [1.165, 1.54) is 0 Å². The van der Waals surface area contributed by atoms with Crippen molar-refractivity contribution in [2.45, 2.75) is 13.0 Å². The monoisotopic (exact) mass is 287 g/mol. The van der Waals surface area contributed by atoms with Crippen molar-refractivity contribution in [3.8, 4) is 28.4 Å². The Morgan fingerprint density at radius 1 is 0.905 bits per heavy atom. The maximum Gasteiger partial charge on any atom is 0.168 e. The Bertz CT molecular complexity index is 606. The van der Waals surface area contributed by atoms with Gasteiger partial charge in [0.1, 0.15) is 5.75 Å². The lowest BCUT2D eigenvalue weighted by molar-refractivity contribution is 0.355. The Labute approximate surface area is 125 Å². The molecule has 2 rings (SSSR count). The first-order chi connectivity index (χ1) is 10.1. The number of rotatable bonds is 5. The lowest BCUT2D eigenvalue weighted by Gasteiger charge is -2.17. The van der Waals surface area contributed by atoms with Gasteiger partial charge in [0.2, 0.25) is 0 Å². The quantitative estimate of drug-likeness (QED) is 0.915. The summed E-state index contributed by atoms with van der Waals surface area (Å²) in [5, 5.41) is 0. The number of benzene rings is 2. The van der Waals surface area contributed by atoms with Crippen molar-refractivity contribution in [2.75, 3.05) is 21.3 Å². The lowest BCUT2D eigenvalue weighted by Crippen LogP contribution is -2.06. The molecule has 0 bridgehead atoms. The molecule has 0 heterocycles. The third kappa shape index (κ3) is 3.11. The molecule has 1 unspecified atom stereocenters. The van der Waals surface area contributed by atoms with Crippen molar-refractivity contribution in [2.24, 2.45) is 5.73 Å². The number of nitrogens with two attached hydrogens (primary N) is 1. The van der Waals surface area contributed by atoms with Gasteiger partial charge in [-0.15, -0.1) is 0 Å². The van der Waals surface area contributed by atoms with Crippen molar-refractivity contribution in [1.29, 1.82) is 0 Å². The highest BCUT2D eigenvalue weighted by molar-refractivity contribution is 5.75. The molecule has 0 saturated carbocycles. The van der Waals surface area contributed by atoms with Gasteiger partial charge in [0.05, 0.1) is 21.3 Å². The van der Waals surface area contributed by atoms with E-state index in [0.29, 0.717) is 11.5 Å². The Kier molecular flexibility index (Phi) is 4.70. The standard InChI is InChI=1S/C17H21NO3/c1-11(18)13-9-15(17(21-4)16(10-13)20-3)12-5-7-14(19-2)8-6-12/h5-11H,18H2,1-4H3. The molecule has 21 heavy (non-hydrogen) atoms. The van der Waals surface area contributed by atoms with Gasteiger partial charge in [-0.2, -0.15) is 0 Å². The molecule has 4 nitrogen and oxygen atoms in total. The topological polar surface area (TPSA) is 53.7 Å². The van der Waals surface area contributed by atoms with Crippen molar-refractivity contribution < 1.29 is 14.2 Å². The Morgan fingerprint density at radius 2 is 1.57 bits per heavy atom. The summed E-state index contributed by atoms with van der Waals surface area (Å²) in [5.74, 6) is 2.19.